The van der Waals surface area contributed by atoms with Crippen LogP contribution in [0.1, 0.15) is 54.4 Å². The number of carbonyl (C=O) groups is 1. The molecule has 0 saturated carbocycles. The normalized spacial score (nSPS) is 15.6. The first-order valence-corrected chi connectivity index (χ1v) is 15.1. The summed E-state index contributed by atoms with van der Waals surface area (Å²) < 4.78 is 17.9. The molecule has 0 aliphatic heterocycles. The second-order valence-corrected chi connectivity index (χ2v) is 14.9. The number of carbonyl (C=O) groups excluding carboxylic acids is 1. The zero-order valence-corrected chi connectivity index (χ0v) is 19.6. The van der Waals surface area contributed by atoms with Crippen molar-refractivity contribution in [2.24, 2.45) is 0 Å². The van der Waals surface area contributed by atoms with Gasteiger partial charge in [0.1, 0.15) is 0 Å². The largest absolute Gasteiger partial charge is 0.518 e. The van der Waals surface area contributed by atoms with Crippen LogP contribution in [0.3, 0.4) is 0 Å². The summed E-state index contributed by atoms with van der Waals surface area (Å²) in [6.07, 6.45) is 2.18. The SMILES string of the molecule is CCO[Si](C)(CCCNCC(=O)O[Si](CC)(CC)CC)OC(C)CC. The third-order valence-electron chi connectivity index (χ3n) is 4.99. The zero-order chi connectivity index (χ0) is 19.3. The van der Waals surface area contributed by atoms with Crippen LogP contribution in [-0.4, -0.2) is 48.6 Å². The van der Waals surface area contributed by atoms with Gasteiger partial charge in [0.15, 0.2) is 0 Å². The minimum atomic E-state index is -2.12. The highest BCUT2D eigenvalue weighted by Crippen LogP contribution is 2.21. The van der Waals surface area contributed by atoms with Gasteiger partial charge in [0.2, 0.25) is 0 Å². The fourth-order valence-electron chi connectivity index (χ4n) is 2.95. The van der Waals surface area contributed by atoms with Crippen LogP contribution in [0.2, 0.25) is 30.7 Å². The van der Waals surface area contributed by atoms with E-state index >= 15 is 0 Å². The molecule has 0 saturated heterocycles. The quantitative estimate of drug-likeness (QED) is 0.330. The molecule has 0 aliphatic carbocycles. The first-order chi connectivity index (χ1) is 11.8. The molecule has 25 heavy (non-hydrogen) atoms. The van der Waals surface area contributed by atoms with E-state index in [-0.39, 0.29) is 12.1 Å². The molecular formula is C18H41NO4Si2. The number of nitrogens with one attached hydrogen (secondary N) is 1. The van der Waals surface area contributed by atoms with Crippen LogP contribution in [-0.2, 0) is 18.1 Å². The number of rotatable bonds is 15. The highest BCUT2D eigenvalue weighted by Gasteiger charge is 2.33. The Hall–Kier alpha value is -0.216. The molecule has 2 unspecified atom stereocenters. The van der Waals surface area contributed by atoms with Crippen LogP contribution < -0.4 is 5.32 Å². The Morgan fingerprint density at radius 2 is 1.68 bits per heavy atom. The third-order valence-corrected chi connectivity index (χ3v) is 12.6. The van der Waals surface area contributed by atoms with Crippen LogP contribution >= 0.6 is 0 Å². The standard InChI is InChI=1S/C18H41NO4Si2/c1-8-17(6)22-24(7,21-9-2)15-13-14-19-16-18(20)23-25(10-3,11-4)12-5/h17,19H,8-16H2,1-7H3. The summed E-state index contributed by atoms with van der Waals surface area (Å²) in [5, 5.41) is 3.22. The van der Waals surface area contributed by atoms with Gasteiger partial charge in [0.05, 0.1) is 6.54 Å². The van der Waals surface area contributed by atoms with E-state index in [0.717, 1.165) is 43.6 Å². The lowest BCUT2D eigenvalue weighted by molar-refractivity contribution is -0.134. The Bertz CT molecular complexity index is 359. The summed E-state index contributed by atoms with van der Waals surface area (Å²) in [7, 11) is -3.95. The van der Waals surface area contributed by atoms with E-state index in [1.807, 2.05) is 6.92 Å². The fraction of sp³-hybridized carbons (Fsp3) is 0.944. The first-order valence-electron chi connectivity index (χ1n) is 10.0. The molecule has 0 amide bonds. The van der Waals surface area contributed by atoms with Gasteiger partial charge in [-0.25, -0.2) is 0 Å². The van der Waals surface area contributed by atoms with Crippen LogP contribution in [0, 0.1) is 0 Å². The highest BCUT2D eigenvalue weighted by molar-refractivity contribution is 6.74. The lowest BCUT2D eigenvalue weighted by Gasteiger charge is -2.30. The first kappa shape index (κ1) is 24.8. The molecule has 5 nitrogen and oxygen atoms in total. The van der Waals surface area contributed by atoms with Crippen molar-refractivity contribution in [2.75, 3.05) is 19.7 Å². The molecule has 0 aromatic rings. The van der Waals surface area contributed by atoms with E-state index in [2.05, 4.69) is 46.5 Å². The van der Waals surface area contributed by atoms with Crippen molar-refractivity contribution >= 4 is 22.8 Å². The van der Waals surface area contributed by atoms with E-state index in [0.29, 0.717) is 13.2 Å². The molecule has 1 N–H and O–H groups in total. The summed E-state index contributed by atoms with van der Waals surface area (Å²) in [5.41, 5.74) is 0. The molecule has 0 radical (unpaired) electrons. The highest BCUT2D eigenvalue weighted by atomic mass is 28.4. The van der Waals surface area contributed by atoms with Crippen molar-refractivity contribution in [2.45, 2.75) is 91.2 Å². The van der Waals surface area contributed by atoms with Gasteiger partial charge in [-0.05, 0) is 64.0 Å². The lowest BCUT2D eigenvalue weighted by Crippen LogP contribution is -2.43. The maximum Gasteiger partial charge on any atom is 0.335 e. The van der Waals surface area contributed by atoms with Gasteiger partial charge >= 0.3 is 14.5 Å². The molecule has 0 spiro atoms. The van der Waals surface area contributed by atoms with Crippen molar-refractivity contribution in [3.8, 4) is 0 Å². The molecule has 0 fully saturated rings. The van der Waals surface area contributed by atoms with Crippen LogP contribution in [0.25, 0.3) is 0 Å². The monoisotopic (exact) mass is 391 g/mol. The summed E-state index contributed by atoms with van der Waals surface area (Å²) in [6, 6.07) is 3.93. The molecule has 7 heteroatoms. The van der Waals surface area contributed by atoms with Gasteiger partial charge in [-0.1, -0.05) is 27.7 Å². The minimum Gasteiger partial charge on any atom is -0.518 e. The zero-order valence-electron chi connectivity index (χ0n) is 17.6. The predicted molar refractivity (Wildman–Crippen MR) is 110 cm³/mol. The molecule has 0 aromatic carbocycles. The Kier molecular flexibility index (Phi) is 12.9. The van der Waals surface area contributed by atoms with Gasteiger partial charge in [-0.15, -0.1) is 0 Å². The molecular weight excluding hydrogens is 350 g/mol. The molecule has 150 valence electrons. The van der Waals surface area contributed by atoms with Gasteiger partial charge in [0.25, 0.3) is 8.32 Å². The van der Waals surface area contributed by atoms with Crippen LogP contribution in [0.4, 0.5) is 0 Å². The molecule has 0 rings (SSSR count). The Morgan fingerprint density at radius 3 is 2.16 bits per heavy atom. The maximum absolute atomic E-state index is 12.1. The Labute approximate surface area is 157 Å². The van der Waals surface area contributed by atoms with Gasteiger partial charge in [-0.3, -0.25) is 4.79 Å². The predicted octanol–water partition coefficient (Wildman–Crippen LogP) is 4.44. The lowest BCUT2D eigenvalue weighted by atomic mass is 10.3. The van der Waals surface area contributed by atoms with E-state index in [9.17, 15) is 4.79 Å². The van der Waals surface area contributed by atoms with Crippen molar-refractivity contribution in [1.29, 1.82) is 0 Å². The Balaban J connectivity index is 4.19. The second kappa shape index (κ2) is 13.0. The molecule has 0 bridgehead atoms. The van der Waals surface area contributed by atoms with E-state index < -0.39 is 16.9 Å². The molecule has 0 aliphatic rings. The fourth-order valence-corrected chi connectivity index (χ4v) is 8.21. The van der Waals surface area contributed by atoms with E-state index in [1.165, 1.54) is 0 Å². The van der Waals surface area contributed by atoms with Gasteiger partial charge in [0, 0.05) is 12.7 Å². The van der Waals surface area contributed by atoms with E-state index in [4.69, 9.17) is 13.3 Å². The minimum absolute atomic E-state index is 0.0992. The van der Waals surface area contributed by atoms with Gasteiger partial charge in [-0.2, -0.15) is 0 Å². The summed E-state index contributed by atoms with van der Waals surface area (Å²) in [6.45, 7) is 16.6. The van der Waals surface area contributed by atoms with Crippen LogP contribution in [0.5, 0.6) is 0 Å². The van der Waals surface area contributed by atoms with Crippen LogP contribution in [0.15, 0.2) is 0 Å². The summed E-state index contributed by atoms with van der Waals surface area (Å²) >= 11 is 0. The topological polar surface area (TPSA) is 56.8 Å². The van der Waals surface area contributed by atoms with Crippen molar-refractivity contribution < 1.29 is 18.1 Å². The number of hydrogen-bond donors (Lipinski definition) is 1. The third kappa shape index (κ3) is 9.89. The molecule has 0 heterocycles. The van der Waals surface area contributed by atoms with Crippen molar-refractivity contribution in [3.05, 3.63) is 0 Å². The second-order valence-electron chi connectivity index (χ2n) is 6.90. The van der Waals surface area contributed by atoms with Crippen molar-refractivity contribution in [3.63, 3.8) is 0 Å². The van der Waals surface area contributed by atoms with Gasteiger partial charge < -0.3 is 18.6 Å². The average molecular weight is 392 g/mol. The molecule has 2 atom stereocenters. The Morgan fingerprint density at radius 1 is 1.08 bits per heavy atom. The maximum atomic E-state index is 12.1. The summed E-state index contributed by atoms with van der Waals surface area (Å²) in [4.78, 5) is 12.1. The smallest absolute Gasteiger partial charge is 0.335 e. The summed E-state index contributed by atoms with van der Waals surface area (Å²) in [5.74, 6) is -0.0992. The average Bonchev–Trinajstić information content (AvgIpc) is 2.59. The molecule has 0 aromatic heterocycles. The number of hydrogen-bond acceptors (Lipinski definition) is 5. The van der Waals surface area contributed by atoms with Crippen molar-refractivity contribution in [1.82, 2.24) is 5.32 Å². The van der Waals surface area contributed by atoms with E-state index in [1.54, 1.807) is 0 Å².